The van der Waals surface area contributed by atoms with Gasteiger partial charge in [0.25, 0.3) is 5.89 Å². The van der Waals surface area contributed by atoms with Crippen LogP contribution in [0.2, 0.25) is 0 Å². The molecule has 4 fully saturated rings. The Bertz CT molecular complexity index is 492. The lowest BCUT2D eigenvalue weighted by atomic mass is 9.49. The number of aliphatic hydroxyl groups excluding tert-OH is 2. The summed E-state index contributed by atoms with van der Waals surface area (Å²) in [6, 6.07) is 0. The molecule has 122 valence electrons. The fourth-order valence-corrected chi connectivity index (χ4v) is 5.54. The lowest BCUT2D eigenvalue weighted by molar-refractivity contribution is -0.0103. The fraction of sp³-hybridized carbons (Fsp3) is 0.882. The van der Waals surface area contributed by atoms with Crippen LogP contribution < -0.4 is 0 Å². The molecule has 22 heavy (non-hydrogen) atoms. The summed E-state index contributed by atoms with van der Waals surface area (Å²) in [6.07, 6.45) is 9.16. The van der Waals surface area contributed by atoms with Gasteiger partial charge < -0.3 is 14.7 Å². The Hall–Kier alpha value is -0.940. The quantitative estimate of drug-likeness (QED) is 0.790. The first-order chi connectivity index (χ1) is 10.7. The fourth-order valence-electron chi connectivity index (χ4n) is 5.54. The van der Waals surface area contributed by atoms with Crippen molar-refractivity contribution in [3.8, 4) is 0 Å². The van der Waals surface area contributed by atoms with Gasteiger partial charge in [0.1, 0.15) is 6.10 Å². The Balaban J connectivity index is 1.49. The second-order valence-corrected chi connectivity index (χ2v) is 7.89. The molecule has 1 atom stereocenters. The molecule has 4 aliphatic carbocycles. The Labute approximate surface area is 131 Å². The number of nitrogens with zero attached hydrogens (tertiary/aromatic N) is 2. The van der Waals surface area contributed by atoms with Gasteiger partial charge in [0.15, 0.2) is 5.82 Å². The molecule has 0 amide bonds. The van der Waals surface area contributed by atoms with Crippen LogP contribution in [0.1, 0.15) is 75.6 Å². The van der Waals surface area contributed by atoms with Gasteiger partial charge in [0.2, 0.25) is 0 Å². The molecule has 4 saturated carbocycles. The third kappa shape index (κ3) is 2.48. The van der Waals surface area contributed by atoms with Gasteiger partial charge in [-0.3, -0.25) is 0 Å². The highest BCUT2D eigenvalue weighted by Crippen LogP contribution is 2.60. The highest BCUT2D eigenvalue weighted by molar-refractivity contribution is 5.16. The molecule has 0 radical (unpaired) electrons. The number of hydrogen-bond acceptors (Lipinski definition) is 5. The number of rotatable bonds is 6. The molecular weight excluding hydrogens is 280 g/mol. The highest BCUT2D eigenvalue weighted by atomic mass is 16.5. The van der Waals surface area contributed by atoms with Crippen molar-refractivity contribution < 1.29 is 14.7 Å². The maximum Gasteiger partial charge on any atom is 0.255 e. The second-order valence-electron chi connectivity index (χ2n) is 7.89. The average molecular weight is 306 g/mol. The average Bonchev–Trinajstić information content (AvgIpc) is 2.96. The number of unbranched alkanes of at least 4 members (excludes halogenated alkanes) is 1. The van der Waals surface area contributed by atoms with E-state index in [1.165, 1.54) is 38.5 Å². The van der Waals surface area contributed by atoms with Gasteiger partial charge >= 0.3 is 0 Å². The van der Waals surface area contributed by atoms with E-state index >= 15 is 0 Å². The lowest BCUT2D eigenvalue weighted by Gasteiger charge is -2.55. The van der Waals surface area contributed by atoms with E-state index in [9.17, 15) is 5.11 Å². The predicted molar refractivity (Wildman–Crippen MR) is 80.0 cm³/mol. The Morgan fingerprint density at radius 3 is 2.32 bits per heavy atom. The minimum Gasteiger partial charge on any atom is -0.396 e. The standard InChI is InChI=1S/C17H26N2O3/c20-4-2-1-3-14(21)15-18-16(19-22-15)17-8-11-5-12(9-17)7-13(6-11)10-17/h11-14,20-21H,1-10H2/t11?,12?,13?,14-,17?/m0/s1. The van der Waals surface area contributed by atoms with Crippen LogP contribution in [0.15, 0.2) is 4.52 Å². The minimum absolute atomic E-state index is 0.126. The van der Waals surface area contributed by atoms with E-state index in [0.29, 0.717) is 18.7 Å². The minimum atomic E-state index is -0.693. The molecule has 0 saturated heterocycles. The first-order valence-electron chi connectivity index (χ1n) is 8.81. The number of aliphatic hydroxyl groups is 2. The predicted octanol–water partition coefficient (Wildman–Crippen LogP) is 2.73. The van der Waals surface area contributed by atoms with Crippen LogP contribution in [0.5, 0.6) is 0 Å². The van der Waals surface area contributed by atoms with Crippen LogP contribution >= 0.6 is 0 Å². The summed E-state index contributed by atoms with van der Waals surface area (Å²) in [5.41, 5.74) is 0.126. The zero-order valence-electron chi connectivity index (χ0n) is 13.1. The van der Waals surface area contributed by atoms with Crippen molar-refractivity contribution in [1.29, 1.82) is 0 Å². The van der Waals surface area contributed by atoms with Crippen LogP contribution in [-0.2, 0) is 5.41 Å². The van der Waals surface area contributed by atoms with Gasteiger partial charge in [0, 0.05) is 12.0 Å². The molecule has 0 aliphatic heterocycles. The van der Waals surface area contributed by atoms with Crippen molar-refractivity contribution >= 4 is 0 Å². The maximum absolute atomic E-state index is 10.2. The molecule has 0 aromatic carbocycles. The van der Waals surface area contributed by atoms with Gasteiger partial charge in [-0.15, -0.1) is 0 Å². The first-order valence-corrected chi connectivity index (χ1v) is 8.81. The van der Waals surface area contributed by atoms with Gasteiger partial charge in [-0.05, 0) is 75.5 Å². The van der Waals surface area contributed by atoms with E-state index in [2.05, 4.69) is 10.1 Å². The normalized spacial score (nSPS) is 37.6. The van der Waals surface area contributed by atoms with Gasteiger partial charge in [-0.2, -0.15) is 4.98 Å². The van der Waals surface area contributed by atoms with Crippen LogP contribution in [0.4, 0.5) is 0 Å². The van der Waals surface area contributed by atoms with Crippen molar-refractivity contribution in [1.82, 2.24) is 10.1 Å². The van der Waals surface area contributed by atoms with Crippen molar-refractivity contribution in [2.45, 2.75) is 69.3 Å². The summed E-state index contributed by atoms with van der Waals surface area (Å²) < 4.78 is 5.37. The molecule has 0 spiro atoms. The number of hydrogen-bond donors (Lipinski definition) is 2. The first kappa shape index (κ1) is 14.6. The summed E-state index contributed by atoms with van der Waals surface area (Å²) in [5.74, 6) is 3.76. The third-order valence-corrected chi connectivity index (χ3v) is 6.13. The van der Waals surface area contributed by atoms with Crippen LogP contribution in [0, 0.1) is 17.8 Å². The molecule has 1 heterocycles. The maximum atomic E-state index is 10.2. The van der Waals surface area contributed by atoms with E-state index in [1.54, 1.807) is 0 Å². The Morgan fingerprint density at radius 2 is 1.73 bits per heavy atom. The lowest BCUT2D eigenvalue weighted by Crippen LogP contribution is -2.49. The third-order valence-electron chi connectivity index (χ3n) is 6.13. The van der Waals surface area contributed by atoms with Crippen molar-refractivity contribution in [3.63, 3.8) is 0 Å². The zero-order chi connectivity index (χ0) is 15.2. The molecule has 2 N–H and O–H groups in total. The molecule has 5 nitrogen and oxygen atoms in total. The molecule has 1 aromatic heterocycles. The van der Waals surface area contributed by atoms with E-state index in [0.717, 1.165) is 30.0 Å². The summed E-state index contributed by atoms with van der Waals surface area (Å²) in [6.45, 7) is 0.162. The summed E-state index contributed by atoms with van der Waals surface area (Å²) in [5, 5.41) is 23.2. The zero-order valence-corrected chi connectivity index (χ0v) is 13.1. The summed E-state index contributed by atoms with van der Waals surface area (Å²) in [7, 11) is 0. The largest absolute Gasteiger partial charge is 0.396 e. The molecule has 0 unspecified atom stereocenters. The SMILES string of the molecule is OCCCC[C@H](O)c1nc(C23CC4CC(CC(C4)C2)C3)no1. The molecule has 5 heteroatoms. The van der Waals surface area contributed by atoms with E-state index in [-0.39, 0.29) is 12.0 Å². The molecule has 4 aliphatic rings. The van der Waals surface area contributed by atoms with Crippen molar-refractivity contribution in [3.05, 3.63) is 11.7 Å². The van der Waals surface area contributed by atoms with Crippen LogP contribution in [0.3, 0.4) is 0 Å². The van der Waals surface area contributed by atoms with Crippen LogP contribution in [0.25, 0.3) is 0 Å². The molecule has 1 aromatic rings. The van der Waals surface area contributed by atoms with E-state index < -0.39 is 6.10 Å². The van der Waals surface area contributed by atoms with Crippen molar-refractivity contribution in [2.24, 2.45) is 17.8 Å². The Kier molecular flexibility index (Phi) is 3.73. The van der Waals surface area contributed by atoms with E-state index in [4.69, 9.17) is 9.63 Å². The van der Waals surface area contributed by atoms with Crippen LogP contribution in [-0.4, -0.2) is 27.0 Å². The second kappa shape index (κ2) is 5.60. The van der Waals surface area contributed by atoms with Gasteiger partial charge in [-0.25, -0.2) is 0 Å². The topological polar surface area (TPSA) is 79.4 Å². The summed E-state index contributed by atoms with van der Waals surface area (Å²) in [4.78, 5) is 4.59. The summed E-state index contributed by atoms with van der Waals surface area (Å²) >= 11 is 0. The smallest absolute Gasteiger partial charge is 0.255 e. The van der Waals surface area contributed by atoms with Gasteiger partial charge in [0.05, 0.1) is 0 Å². The van der Waals surface area contributed by atoms with E-state index in [1.807, 2.05) is 0 Å². The molecule has 5 rings (SSSR count). The van der Waals surface area contributed by atoms with Crippen molar-refractivity contribution in [2.75, 3.05) is 6.61 Å². The van der Waals surface area contributed by atoms with Gasteiger partial charge in [-0.1, -0.05) is 5.16 Å². The monoisotopic (exact) mass is 306 g/mol. The highest BCUT2D eigenvalue weighted by Gasteiger charge is 2.53. The number of aromatic nitrogens is 2. The Morgan fingerprint density at radius 1 is 1.09 bits per heavy atom. The molecular formula is C17H26N2O3. The molecule has 4 bridgehead atoms.